The predicted octanol–water partition coefficient (Wildman–Crippen LogP) is -0.294. The van der Waals surface area contributed by atoms with E-state index in [0.29, 0.717) is 32.7 Å². The van der Waals surface area contributed by atoms with Crippen molar-refractivity contribution in [2.24, 2.45) is 0 Å². The topological polar surface area (TPSA) is 95.1 Å². The van der Waals surface area contributed by atoms with E-state index in [4.69, 9.17) is 0 Å². The number of nitrogens with one attached hydrogen (secondary N) is 1. The molecule has 2 aromatic heterocycles. The largest absolute Gasteiger partial charge is 0.293 e. The first-order valence-corrected chi connectivity index (χ1v) is 8.07. The minimum Gasteiger partial charge on any atom is -0.293 e. The van der Waals surface area contributed by atoms with Crippen molar-refractivity contribution in [2.45, 2.75) is 11.4 Å². The van der Waals surface area contributed by atoms with Gasteiger partial charge in [0.15, 0.2) is 0 Å². The molecule has 1 saturated heterocycles. The molecule has 1 aliphatic heterocycles. The van der Waals surface area contributed by atoms with E-state index in [1.165, 1.54) is 16.8 Å². The first-order valence-electron chi connectivity index (χ1n) is 6.63. The Labute approximate surface area is 122 Å². The number of rotatable bonds is 4. The quantitative estimate of drug-likeness (QED) is 0.833. The van der Waals surface area contributed by atoms with Gasteiger partial charge in [-0.1, -0.05) is 0 Å². The molecular formula is C12H16N6O2S. The van der Waals surface area contributed by atoms with E-state index >= 15 is 0 Å². The van der Waals surface area contributed by atoms with Crippen LogP contribution in [0.15, 0.2) is 35.7 Å². The van der Waals surface area contributed by atoms with Crippen molar-refractivity contribution >= 4 is 10.0 Å². The molecule has 0 unspecified atom stereocenters. The maximum Gasteiger partial charge on any atom is 0.244 e. The van der Waals surface area contributed by atoms with Gasteiger partial charge in [-0.05, 0) is 12.1 Å². The van der Waals surface area contributed by atoms with Gasteiger partial charge in [-0.2, -0.15) is 9.40 Å². The zero-order chi connectivity index (χ0) is 14.7. The van der Waals surface area contributed by atoms with E-state index in [2.05, 4.69) is 25.1 Å². The van der Waals surface area contributed by atoms with Gasteiger partial charge in [-0.25, -0.2) is 13.4 Å². The van der Waals surface area contributed by atoms with Crippen LogP contribution in [0.4, 0.5) is 0 Å². The number of H-pyrrole nitrogens is 1. The third kappa shape index (κ3) is 3.09. The van der Waals surface area contributed by atoms with Crippen LogP contribution in [0.25, 0.3) is 0 Å². The number of sulfonamides is 1. The number of piperazine rings is 1. The van der Waals surface area contributed by atoms with Crippen molar-refractivity contribution in [2.75, 3.05) is 26.2 Å². The van der Waals surface area contributed by atoms with Gasteiger partial charge in [0.1, 0.15) is 17.0 Å². The van der Waals surface area contributed by atoms with E-state index in [-0.39, 0.29) is 4.90 Å². The van der Waals surface area contributed by atoms with Crippen molar-refractivity contribution < 1.29 is 8.42 Å². The predicted molar refractivity (Wildman–Crippen MR) is 74.7 cm³/mol. The summed E-state index contributed by atoms with van der Waals surface area (Å²) in [7, 11) is -3.44. The van der Waals surface area contributed by atoms with Gasteiger partial charge in [-0.15, -0.1) is 0 Å². The molecule has 0 atom stereocenters. The first-order chi connectivity index (χ1) is 10.2. The van der Waals surface area contributed by atoms with E-state index in [1.54, 1.807) is 18.3 Å². The molecule has 3 heterocycles. The van der Waals surface area contributed by atoms with Crippen molar-refractivity contribution in [3.8, 4) is 0 Å². The Bertz CT molecular complexity index is 665. The number of hydrogen-bond acceptors (Lipinski definition) is 6. The fourth-order valence-electron chi connectivity index (χ4n) is 2.30. The standard InChI is InChI=1S/C12H16N6O2S/c19-21(20,11-2-1-3-13-8-11)18-6-4-17(5-7-18)9-12-14-10-15-16-12/h1-3,8,10H,4-7,9H2,(H,14,15,16). The van der Waals surface area contributed by atoms with Crippen LogP contribution in [0, 0.1) is 0 Å². The Balaban J connectivity index is 1.63. The fourth-order valence-corrected chi connectivity index (χ4v) is 3.68. The Morgan fingerprint density at radius 1 is 1.24 bits per heavy atom. The van der Waals surface area contributed by atoms with Crippen LogP contribution >= 0.6 is 0 Å². The number of nitrogens with zero attached hydrogens (tertiary/aromatic N) is 5. The first kappa shape index (κ1) is 14.1. The van der Waals surface area contributed by atoms with Crippen LogP contribution < -0.4 is 0 Å². The second-order valence-electron chi connectivity index (χ2n) is 4.80. The average molecular weight is 308 g/mol. The van der Waals surface area contributed by atoms with E-state index in [0.717, 1.165) is 5.82 Å². The summed E-state index contributed by atoms with van der Waals surface area (Å²) < 4.78 is 26.4. The highest BCUT2D eigenvalue weighted by Crippen LogP contribution is 2.16. The lowest BCUT2D eigenvalue weighted by Crippen LogP contribution is -2.48. The molecular weight excluding hydrogens is 292 g/mol. The monoisotopic (exact) mass is 308 g/mol. The van der Waals surface area contributed by atoms with Gasteiger partial charge in [0.05, 0.1) is 6.54 Å². The second kappa shape index (κ2) is 5.88. The number of hydrogen-bond donors (Lipinski definition) is 1. The molecule has 0 bridgehead atoms. The lowest BCUT2D eigenvalue weighted by molar-refractivity contribution is 0.178. The van der Waals surface area contributed by atoms with Gasteiger partial charge in [0.2, 0.25) is 10.0 Å². The minimum absolute atomic E-state index is 0.244. The highest BCUT2D eigenvalue weighted by atomic mass is 32.2. The zero-order valence-corrected chi connectivity index (χ0v) is 12.2. The van der Waals surface area contributed by atoms with Gasteiger partial charge >= 0.3 is 0 Å². The molecule has 8 nitrogen and oxygen atoms in total. The minimum atomic E-state index is -3.44. The van der Waals surface area contributed by atoms with Gasteiger partial charge in [0, 0.05) is 38.6 Å². The molecule has 1 fully saturated rings. The molecule has 0 aromatic carbocycles. The van der Waals surface area contributed by atoms with Crippen molar-refractivity contribution in [1.82, 2.24) is 29.4 Å². The Morgan fingerprint density at radius 3 is 2.67 bits per heavy atom. The Kier molecular flexibility index (Phi) is 3.95. The van der Waals surface area contributed by atoms with Gasteiger partial charge in [-0.3, -0.25) is 15.0 Å². The van der Waals surface area contributed by atoms with E-state index in [1.807, 2.05) is 0 Å². The highest BCUT2D eigenvalue weighted by Gasteiger charge is 2.28. The maximum atomic E-state index is 12.4. The summed E-state index contributed by atoms with van der Waals surface area (Å²) in [5.74, 6) is 0.790. The molecule has 0 amide bonds. The molecule has 3 rings (SSSR count). The number of aromatic nitrogens is 4. The van der Waals surface area contributed by atoms with Gasteiger partial charge in [0.25, 0.3) is 0 Å². The smallest absolute Gasteiger partial charge is 0.244 e. The molecule has 2 aromatic rings. The second-order valence-corrected chi connectivity index (χ2v) is 6.74. The summed E-state index contributed by atoms with van der Waals surface area (Å²) in [4.78, 5) is 10.3. The Hall–Kier alpha value is -1.84. The molecule has 112 valence electrons. The lowest BCUT2D eigenvalue weighted by Gasteiger charge is -2.33. The maximum absolute atomic E-state index is 12.4. The molecule has 0 saturated carbocycles. The van der Waals surface area contributed by atoms with Crippen LogP contribution in [0.1, 0.15) is 5.82 Å². The van der Waals surface area contributed by atoms with Gasteiger partial charge < -0.3 is 0 Å². The van der Waals surface area contributed by atoms with Crippen LogP contribution in [0.5, 0.6) is 0 Å². The summed E-state index contributed by atoms with van der Waals surface area (Å²) >= 11 is 0. The van der Waals surface area contributed by atoms with Crippen LogP contribution in [0.2, 0.25) is 0 Å². The van der Waals surface area contributed by atoms with Crippen molar-refractivity contribution in [3.05, 3.63) is 36.7 Å². The van der Waals surface area contributed by atoms with Crippen LogP contribution in [-0.2, 0) is 16.6 Å². The van der Waals surface area contributed by atoms with E-state index in [9.17, 15) is 8.42 Å². The third-order valence-electron chi connectivity index (χ3n) is 3.44. The highest BCUT2D eigenvalue weighted by molar-refractivity contribution is 7.89. The van der Waals surface area contributed by atoms with E-state index < -0.39 is 10.0 Å². The van der Waals surface area contributed by atoms with Crippen molar-refractivity contribution in [3.63, 3.8) is 0 Å². The normalized spacial score (nSPS) is 17.9. The molecule has 1 N–H and O–H groups in total. The molecule has 0 spiro atoms. The average Bonchev–Trinajstić information content (AvgIpc) is 3.02. The summed E-state index contributed by atoms with van der Waals surface area (Å²) in [6.07, 6.45) is 4.42. The SMILES string of the molecule is O=S(=O)(c1cccnc1)N1CCN(Cc2ncn[nH]2)CC1. The summed E-state index contributed by atoms with van der Waals surface area (Å²) in [6, 6.07) is 3.20. The number of pyridine rings is 1. The molecule has 21 heavy (non-hydrogen) atoms. The molecule has 0 radical (unpaired) electrons. The summed E-state index contributed by atoms with van der Waals surface area (Å²) in [5, 5.41) is 6.61. The van der Waals surface area contributed by atoms with Crippen LogP contribution in [-0.4, -0.2) is 64.0 Å². The molecule has 0 aliphatic carbocycles. The summed E-state index contributed by atoms with van der Waals surface area (Å²) in [5.41, 5.74) is 0. The third-order valence-corrected chi connectivity index (χ3v) is 5.32. The van der Waals surface area contributed by atoms with Crippen LogP contribution in [0.3, 0.4) is 0 Å². The lowest BCUT2D eigenvalue weighted by atomic mass is 10.3. The zero-order valence-electron chi connectivity index (χ0n) is 11.4. The number of aromatic amines is 1. The molecule has 9 heteroatoms. The Morgan fingerprint density at radius 2 is 2.05 bits per heavy atom. The van der Waals surface area contributed by atoms with Crippen molar-refractivity contribution in [1.29, 1.82) is 0 Å². The summed E-state index contributed by atoms with van der Waals surface area (Å²) in [6.45, 7) is 2.91. The molecule has 1 aliphatic rings. The fraction of sp³-hybridized carbons (Fsp3) is 0.417.